The second-order valence-electron chi connectivity index (χ2n) is 6.82. The maximum atomic E-state index is 12.0. The molecule has 2 aliphatic carbocycles. The van der Waals surface area contributed by atoms with Crippen molar-refractivity contribution in [2.75, 3.05) is 0 Å². The second-order valence-corrected chi connectivity index (χ2v) is 7.25. The highest BCUT2D eigenvalue weighted by Gasteiger charge is 2.40. The first-order valence-corrected chi connectivity index (χ1v) is 8.79. The molecule has 2 aliphatic rings. The molecule has 0 radical (unpaired) electrons. The highest BCUT2D eigenvalue weighted by molar-refractivity contribution is 6.30. The van der Waals surface area contributed by atoms with Crippen molar-refractivity contribution >= 4 is 17.6 Å². The fourth-order valence-corrected chi connectivity index (χ4v) is 4.20. The van der Waals surface area contributed by atoms with Gasteiger partial charge >= 0.3 is 5.97 Å². The number of hydrogen-bond donors (Lipinski definition) is 0. The monoisotopic (exact) mass is 346 g/mol. The Morgan fingerprint density at radius 1 is 1.25 bits per heavy atom. The number of aromatic nitrogens is 2. The van der Waals surface area contributed by atoms with E-state index in [2.05, 4.69) is 10.1 Å². The molecule has 1 heterocycles. The molecule has 0 saturated heterocycles. The molecule has 0 amide bonds. The van der Waals surface area contributed by atoms with Crippen molar-refractivity contribution in [3.05, 3.63) is 35.2 Å². The summed E-state index contributed by atoms with van der Waals surface area (Å²) < 4.78 is 10.5. The lowest BCUT2D eigenvalue weighted by molar-refractivity contribution is -0.147. The highest BCUT2D eigenvalue weighted by atomic mass is 35.5. The zero-order chi connectivity index (χ0) is 16.5. The quantitative estimate of drug-likeness (QED) is 0.757. The number of fused-ring (bicyclic) bond motifs is 2. The largest absolute Gasteiger partial charge is 0.456 e. The lowest BCUT2D eigenvalue weighted by Crippen LogP contribution is -2.17. The predicted octanol–water partition coefficient (Wildman–Crippen LogP) is 4.26. The minimum absolute atomic E-state index is 0.0280. The van der Waals surface area contributed by atoms with Gasteiger partial charge in [-0.1, -0.05) is 23.2 Å². The zero-order valence-electron chi connectivity index (χ0n) is 13.3. The summed E-state index contributed by atoms with van der Waals surface area (Å²) in [6.45, 7) is 0.0280. The molecule has 2 bridgehead atoms. The van der Waals surface area contributed by atoms with E-state index in [-0.39, 0.29) is 12.6 Å². The van der Waals surface area contributed by atoms with Crippen molar-refractivity contribution in [3.8, 4) is 11.4 Å². The number of hydrogen-bond acceptors (Lipinski definition) is 5. The van der Waals surface area contributed by atoms with Crippen LogP contribution in [-0.4, -0.2) is 16.1 Å². The summed E-state index contributed by atoms with van der Waals surface area (Å²) in [5.74, 6) is 2.67. The van der Waals surface area contributed by atoms with Crippen molar-refractivity contribution in [1.82, 2.24) is 10.1 Å². The van der Waals surface area contributed by atoms with Crippen LogP contribution in [0.15, 0.2) is 28.8 Å². The van der Waals surface area contributed by atoms with Crippen molar-refractivity contribution in [2.45, 2.75) is 38.7 Å². The van der Waals surface area contributed by atoms with E-state index < -0.39 is 0 Å². The molecule has 2 saturated carbocycles. The van der Waals surface area contributed by atoms with E-state index in [0.29, 0.717) is 29.1 Å². The van der Waals surface area contributed by atoms with E-state index in [4.69, 9.17) is 20.9 Å². The molecule has 2 fully saturated rings. The van der Waals surface area contributed by atoms with E-state index in [1.807, 2.05) is 12.1 Å². The van der Waals surface area contributed by atoms with E-state index in [0.717, 1.165) is 17.4 Å². The standard InChI is InChI=1S/C18H19ClN2O3/c19-15-5-3-12(4-6-15)18-20-16(24-21-18)10-23-17(22)9-14-8-11-1-2-13(14)7-11/h3-6,11,13-14H,1-2,7-10H2/t11-,13-,14+/m1/s1. The first-order chi connectivity index (χ1) is 11.7. The molecular formula is C18H19ClN2O3. The maximum Gasteiger partial charge on any atom is 0.306 e. The summed E-state index contributed by atoms with van der Waals surface area (Å²) in [4.78, 5) is 16.3. The average Bonchev–Trinajstić information content (AvgIpc) is 3.30. The van der Waals surface area contributed by atoms with Gasteiger partial charge in [-0.15, -0.1) is 0 Å². The van der Waals surface area contributed by atoms with Crippen LogP contribution in [-0.2, 0) is 16.1 Å². The molecular weight excluding hydrogens is 328 g/mol. The zero-order valence-corrected chi connectivity index (χ0v) is 14.0. The first kappa shape index (κ1) is 15.6. The SMILES string of the molecule is O=C(C[C@@H]1C[C@@H]2CC[C@@H]1C2)OCc1nc(-c2ccc(Cl)cc2)no1. The number of carbonyl (C=O) groups excluding carboxylic acids is 1. The van der Waals surface area contributed by atoms with Gasteiger partial charge in [0.15, 0.2) is 6.61 Å². The molecule has 1 aromatic carbocycles. The van der Waals surface area contributed by atoms with Gasteiger partial charge in [-0.2, -0.15) is 4.98 Å². The normalized spacial score (nSPS) is 25.1. The number of ether oxygens (including phenoxy) is 1. The number of esters is 1. The smallest absolute Gasteiger partial charge is 0.306 e. The van der Waals surface area contributed by atoms with E-state index in [9.17, 15) is 4.79 Å². The summed E-state index contributed by atoms with van der Waals surface area (Å²) in [6.07, 6.45) is 5.61. The van der Waals surface area contributed by atoms with Crippen molar-refractivity contribution < 1.29 is 14.1 Å². The van der Waals surface area contributed by atoms with Gasteiger partial charge in [-0.05, 0) is 61.3 Å². The minimum Gasteiger partial charge on any atom is -0.456 e. The Morgan fingerprint density at radius 3 is 2.79 bits per heavy atom. The molecule has 0 aliphatic heterocycles. The van der Waals surface area contributed by atoms with Crippen LogP contribution >= 0.6 is 11.6 Å². The Bertz CT molecular complexity index is 728. The first-order valence-electron chi connectivity index (χ1n) is 8.41. The van der Waals surface area contributed by atoms with Gasteiger partial charge < -0.3 is 9.26 Å². The molecule has 126 valence electrons. The Kier molecular flexibility index (Phi) is 4.27. The maximum absolute atomic E-state index is 12.0. The second kappa shape index (κ2) is 6.55. The van der Waals surface area contributed by atoms with Crippen LogP contribution < -0.4 is 0 Å². The number of halogens is 1. The third-order valence-corrected chi connectivity index (χ3v) is 5.49. The van der Waals surface area contributed by atoms with Crippen LogP contribution in [0.2, 0.25) is 5.02 Å². The Balaban J connectivity index is 1.30. The van der Waals surface area contributed by atoms with Crippen molar-refractivity contribution in [3.63, 3.8) is 0 Å². The van der Waals surface area contributed by atoms with Crippen LogP contribution in [0.25, 0.3) is 11.4 Å². The van der Waals surface area contributed by atoms with Crippen LogP contribution in [0.4, 0.5) is 0 Å². The van der Waals surface area contributed by atoms with Gasteiger partial charge in [0.1, 0.15) is 0 Å². The molecule has 4 rings (SSSR count). The molecule has 5 nitrogen and oxygen atoms in total. The minimum atomic E-state index is -0.168. The highest BCUT2D eigenvalue weighted by Crippen LogP contribution is 2.49. The Hall–Kier alpha value is -1.88. The van der Waals surface area contributed by atoms with Gasteiger partial charge in [0.25, 0.3) is 5.89 Å². The number of nitrogens with zero attached hydrogens (tertiary/aromatic N) is 2. The summed E-state index contributed by atoms with van der Waals surface area (Å²) in [5.41, 5.74) is 0.808. The Labute approximate surface area is 145 Å². The molecule has 0 N–H and O–H groups in total. The molecule has 3 atom stereocenters. The number of rotatable bonds is 5. The predicted molar refractivity (Wildman–Crippen MR) is 88.1 cm³/mol. The lowest BCUT2D eigenvalue weighted by Gasteiger charge is -2.20. The van der Waals surface area contributed by atoms with Gasteiger partial charge in [0, 0.05) is 17.0 Å². The number of carbonyl (C=O) groups is 1. The van der Waals surface area contributed by atoms with Gasteiger partial charge in [0.2, 0.25) is 5.82 Å². The number of benzene rings is 1. The van der Waals surface area contributed by atoms with Crippen LogP contribution in [0.5, 0.6) is 0 Å². The molecule has 0 unspecified atom stereocenters. The molecule has 1 aromatic heterocycles. The molecule has 24 heavy (non-hydrogen) atoms. The van der Waals surface area contributed by atoms with Crippen LogP contribution in [0, 0.1) is 17.8 Å². The average molecular weight is 347 g/mol. The van der Waals surface area contributed by atoms with E-state index in [1.165, 1.54) is 25.7 Å². The van der Waals surface area contributed by atoms with Gasteiger partial charge in [0.05, 0.1) is 0 Å². The molecule has 0 spiro atoms. The van der Waals surface area contributed by atoms with Crippen molar-refractivity contribution in [1.29, 1.82) is 0 Å². The molecule has 6 heteroatoms. The summed E-state index contributed by atoms with van der Waals surface area (Å²) in [5, 5.41) is 4.56. The third-order valence-electron chi connectivity index (χ3n) is 5.24. The van der Waals surface area contributed by atoms with Crippen molar-refractivity contribution in [2.24, 2.45) is 17.8 Å². The van der Waals surface area contributed by atoms with E-state index >= 15 is 0 Å². The summed E-state index contributed by atoms with van der Waals surface area (Å²) >= 11 is 5.86. The fraction of sp³-hybridized carbons (Fsp3) is 0.500. The molecule has 2 aromatic rings. The third kappa shape index (κ3) is 3.31. The Morgan fingerprint density at radius 2 is 2.08 bits per heavy atom. The van der Waals surface area contributed by atoms with Crippen LogP contribution in [0.1, 0.15) is 38.0 Å². The van der Waals surface area contributed by atoms with Crippen LogP contribution in [0.3, 0.4) is 0 Å². The van der Waals surface area contributed by atoms with Gasteiger partial charge in [-0.25, -0.2) is 0 Å². The van der Waals surface area contributed by atoms with E-state index in [1.54, 1.807) is 12.1 Å². The fourth-order valence-electron chi connectivity index (χ4n) is 4.07. The topological polar surface area (TPSA) is 65.2 Å². The summed E-state index contributed by atoms with van der Waals surface area (Å²) in [7, 11) is 0. The summed E-state index contributed by atoms with van der Waals surface area (Å²) in [6, 6.07) is 7.17. The van der Waals surface area contributed by atoms with Gasteiger partial charge in [-0.3, -0.25) is 4.79 Å². The lowest BCUT2D eigenvalue weighted by atomic mass is 9.86.